The van der Waals surface area contributed by atoms with E-state index in [1.54, 1.807) is 19.2 Å². The first-order valence-electron chi connectivity index (χ1n) is 5.01. The quantitative estimate of drug-likeness (QED) is 0.616. The van der Waals surface area contributed by atoms with Crippen molar-refractivity contribution in [1.82, 2.24) is 5.43 Å². The van der Waals surface area contributed by atoms with Gasteiger partial charge in [-0.05, 0) is 31.0 Å². The molecule has 1 aromatic carbocycles. The minimum Gasteiger partial charge on any atom is -0.380 e. The van der Waals surface area contributed by atoms with Crippen LogP contribution in [0.1, 0.15) is 12.5 Å². The van der Waals surface area contributed by atoms with Crippen LogP contribution in [0.2, 0.25) is 5.02 Å². The van der Waals surface area contributed by atoms with Crippen molar-refractivity contribution in [1.29, 1.82) is 0 Å². The fourth-order valence-electron chi connectivity index (χ4n) is 1.45. The zero-order valence-electron chi connectivity index (χ0n) is 9.34. The van der Waals surface area contributed by atoms with Gasteiger partial charge in [0, 0.05) is 12.1 Å². The van der Waals surface area contributed by atoms with E-state index >= 15 is 0 Å². The van der Waals surface area contributed by atoms with Gasteiger partial charge in [0.05, 0.1) is 12.1 Å². The SMILES string of the molecule is COC(C)C(Cc1ccc(Cl)cc1F)NN. The summed E-state index contributed by atoms with van der Waals surface area (Å²) in [5.41, 5.74) is 3.18. The fraction of sp³-hybridized carbons (Fsp3) is 0.455. The van der Waals surface area contributed by atoms with Gasteiger partial charge in [0.15, 0.2) is 0 Å². The summed E-state index contributed by atoms with van der Waals surface area (Å²) in [5, 5.41) is 0.387. The molecule has 0 spiro atoms. The highest BCUT2D eigenvalue weighted by atomic mass is 35.5. The average molecular weight is 247 g/mol. The highest BCUT2D eigenvalue weighted by molar-refractivity contribution is 6.30. The van der Waals surface area contributed by atoms with Crippen LogP contribution in [-0.2, 0) is 11.2 Å². The topological polar surface area (TPSA) is 47.3 Å². The van der Waals surface area contributed by atoms with Gasteiger partial charge in [0.25, 0.3) is 0 Å². The summed E-state index contributed by atoms with van der Waals surface area (Å²) < 4.78 is 18.7. The van der Waals surface area contributed by atoms with Crippen LogP contribution in [-0.4, -0.2) is 19.3 Å². The molecule has 0 aliphatic rings. The summed E-state index contributed by atoms with van der Waals surface area (Å²) in [6.45, 7) is 1.87. The molecular formula is C11H16ClFN2O. The molecule has 90 valence electrons. The van der Waals surface area contributed by atoms with E-state index in [0.717, 1.165) is 0 Å². The number of nitrogens with two attached hydrogens (primary N) is 1. The molecule has 5 heteroatoms. The number of methoxy groups -OCH3 is 1. The number of hydrogen-bond acceptors (Lipinski definition) is 3. The van der Waals surface area contributed by atoms with E-state index in [2.05, 4.69) is 5.43 Å². The van der Waals surface area contributed by atoms with Crippen LogP contribution in [0.15, 0.2) is 18.2 Å². The summed E-state index contributed by atoms with van der Waals surface area (Å²) in [4.78, 5) is 0. The molecule has 0 bridgehead atoms. The molecule has 0 aromatic heterocycles. The first kappa shape index (κ1) is 13.4. The number of halogens is 2. The smallest absolute Gasteiger partial charge is 0.127 e. The molecule has 0 aliphatic carbocycles. The molecule has 0 aliphatic heterocycles. The molecule has 2 atom stereocenters. The Kier molecular flexibility index (Phi) is 5.15. The van der Waals surface area contributed by atoms with Gasteiger partial charge in [0.2, 0.25) is 0 Å². The minimum absolute atomic E-state index is 0.0971. The van der Waals surface area contributed by atoms with Crippen molar-refractivity contribution in [2.45, 2.75) is 25.5 Å². The lowest BCUT2D eigenvalue weighted by Crippen LogP contribution is -2.45. The fourth-order valence-corrected chi connectivity index (χ4v) is 1.61. The highest BCUT2D eigenvalue weighted by Crippen LogP contribution is 2.17. The summed E-state index contributed by atoms with van der Waals surface area (Å²) in [6, 6.07) is 4.47. The molecule has 0 saturated carbocycles. The van der Waals surface area contributed by atoms with Crippen molar-refractivity contribution in [3.05, 3.63) is 34.6 Å². The maximum atomic E-state index is 13.5. The minimum atomic E-state index is -0.323. The van der Waals surface area contributed by atoms with Crippen LogP contribution in [0.5, 0.6) is 0 Å². The molecule has 16 heavy (non-hydrogen) atoms. The van der Waals surface area contributed by atoms with E-state index in [1.165, 1.54) is 6.07 Å². The van der Waals surface area contributed by atoms with Crippen molar-refractivity contribution in [3.63, 3.8) is 0 Å². The van der Waals surface area contributed by atoms with Crippen LogP contribution in [0.4, 0.5) is 4.39 Å². The molecule has 0 fully saturated rings. The predicted molar refractivity (Wildman–Crippen MR) is 62.7 cm³/mol. The van der Waals surface area contributed by atoms with Crippen LogP contribution >= 0.6 is 11.6 Å². The molecule has 0 saturated heterocycles. The molecule has 2 unspecified atom stereocenters. The zero-order chi connectivity index (χ0) is 12.1. The maximum Gasteiger partial charge on any atom is 0.127 e. The van der Waals surface area contributed by atoms with Gasteiger partial charge < -0.3 is 4.74 Å². The lowest BCUT2D eigenvalue weighted by atomic mass is 10.0. The van der Waals surface area contributed by atoms with Gasteiger partial charge in [-0.15, -0.1) is 0 Å². The van der Waals surface area contributed by atoms with Gasteiger partial charge in [-0.1, -0.05) is 17.7 Å². The Morgan fingerprint density at radius 1 is 1.56 bits per heavy atom. The maximum absolute atomic E-state index is 13.5. The van der Waals surface area contributed by atoms with Crippen LogP contribution < -0.4 is 11.3 Å². The van der Waals surface area contributed by atoms with Crippen LogP contribution in [0.3, 0.4) is 0 Å². The van der Waals surface area contributed by atoms with E-state index < -0.39 is 0 Å². The Hall–Kier alpha value is -0.680. The lowest BCUT2D eigenvalue weighted by molar-refractivity contribution is 0.0828. The van der Waals surface area contributed by atoms with Crippen LogP contribution in [0, 0.1) is 5.82 Å². The number of hydrogen-bond donors (Lipinski definition) is 2. The number of nitrogens with one attached hydrogen (secondary N) is 1. The number of rotatable bonds is 5. The Balaban J connectivity index is 2.78. The van der Waals surface area contributed by atoms with Crippen molar-refractivity contribution in [2.75, 3.05) is 7.11 Å². The molecule has 0 radical (unpaired) electrons. The second-order valence-corrected chi connectivity index (χ2v) is 4.09. The number of hydrazine groups is 1. The standard InChI is InChI=1S/C11H16ClFN2O/c1-7(16-2)11(15-14)5-8-3-4-9(12)6-10(8)13/h3-4,6-7,11,15H,5,14H2,1-2H3. The largest absolute Gasteiger partial charge is 0.380 e. The normalized spacial score (nSPS) is 14.8. The third-order valence-corrected chi connectivity index (χ3v) is 2.84. The zero-order valence-corrected chi connectivity index (χ0v) is 10.1. The Morgan fingerprint density at radius 2 is 2.25 bits per heavy atom. The van der Waals surface area contributed by atoms with Crippen molar-refractivity contribution >= 4 is 11.6 Å². The molecule has 1 rings (SSSR count). The van der Waals surface area contributed by atoms with E-state index in [0.29, 0.717) is 17.0 Å². The third kappa shape index (κ3) is 3.42. The van der Waals surface area contributed by atoms with Gasteiger partial charge in [-0.25, -0.2) is 4.39 Å². The molecule has 1 aromatic rings. The van der Waals surface area contributed by atoms with Crippen LogP contribution in [0.25, 0.3) is 0 Å². The second-order valence-electron chi connectivity index (χ2n) is 3.65. The summed E-state index contributed by atoms with van der Waals surface area (Å²) in [7, 11) is 1.59. The first-order valence-corrected chi connectivity index (χ1v) is 5.39. The summed E-state index contributed by atoms with van der Waals surface area (Å²) >= 11 is 5.67. The van der Waals surface area contributed by atoms with Crippen molar-refractivity contribution in [3.8, 4) is 0 Å². The monoisotopic (exact) mass is 246 g/mol. The van der Waals surface area contributed by atoms with Gasteiger partial charge in [-0.3, -0.25) is 11.3 Å². The third-order valence-electron chi connectivity index (χ3n) is 2.61. The van der Waals surface area contributed by atoms with E-state index in [9.17, 15) is 4.39 Å². The van der Waals surface area contributed by atoms with Gasteiger partial charge >= 0.3 is 0 Å². The number of ether oxygens (including phenoxy) is 1. The van der Waals surface area contributed by atoms with E-state index in [-0.39, 0.29) is 18.0 Å². The highest BCUT2D eigenvalue weighted by Gasteiger charge is 2.17. The number of benzene rings is 1. The Labute approximate surface area is 99.7 Å². The summed E-state index contributed by atoms with van der Waals surface area (Å²) in [6.07, 6.45) is 0.356. The Morgan fingerprint density at radius 3 is 2.75 bits per heavy atom. The van der Waals surface area contributed by atoms with Crippen molar-refractivity contribution in [2.24, 2.45) is 5.84 Å². The summed E-state index contributed by atoms with van der Waals surface area (Å²) in [5.74, 6) is 5.08. The average Bonchev–Trinajstić information content (AvgIpc) is 2.27. The molecule has 3 nitrogen and oxygen atoms in total. The van der Waals surface area contributed by atoms with Crippen molar-refractivity contribution < 1.29 is 9.13 Å². The first-order chi connectivity index (χ1) is 7.58. The van der Waals surface area contributed by atoms with Gasteiger partial charge in [-0.2, -0.15) is 0 Å². The predicted octanol–water partition coefficient (Wildman–Crippen LogP) is 1.89. The molecule has 3 N–H and O–H groups in total. The van der Waals surface area contributed by atoms with Gasteiger partial charge in [0.1, 0.15) is 5.82 Å². The molecule has 0 amide bonds. The molecule has 0 heterocycles. The lowest BCUT2D eigenvalue weighted by Gasteiger charge is -2.22. The van der Waals surface area contributed by atoms with E-state index in [4.69, 9.17) is 22.2 Å². The molecular weight excluding hydrogens is 231 g/mol. The Bertz CT molecular complexity index is 349. The second kappa shape index (κ2) is 6.15. The van der Waals surface area contributed by atoms with E-state index in [1.807, 2.05) is 6.92 Å².